The Hall–Kier alpha value is -1.97. The van der Waals surface area contributed by atoms with Gasteiger partial charge in [-0.15, -0.1) is 0 Å². The van der Waals surface area contributed by atoms with Crippen LogP contribution in [0, 0.1) is 17.8 Å². The lowest BCUT2D eigenvalue weighted by molar-refractivity contribution is -0.146. The minimum atomic E-state index is -1.15. The lowest BCUT2D eigenvalue weighted by Crippen LogP contribution is -2.61. The predicted molar refractivity (Wildman–Crippen MR) is 131 cm³/mol. The summed E-state index contributed by atoms with van der Waals surface area (Å²) in [7, 11) is 0. The van der Waals surface area contributed by atoms with E-state index in [4.69, 9.17) is 4.74 Å². The molecule has 0 radical (unpaired) electrons. The Bertz CT molecular complexity index is 965. The molecule has 3 saturated heterocycles. The fourth-order valence-corrected chi connectivity index (χ4v) is 6.77. The number of likely N-dealkylation sites (tertiary alicyclic amines) is 1. The van der Waals surface area contributed by atoms with Crippen molar-refractivity contribution in [3.05, 3.63) is 30.3 Å². The van der Waals surface area contributed by atoms with Crippen molar-refractivity contribution >= 4 is 39.3 Å². The van der Waals surface area contributed by atoms with Gasteiger partial charge in [-0.2, -0.15) is 0 Å². The molecule has 3 aliphatic rings. The molecule has 8 nitrogen and oxygen atoms in total. The Kier molecular flexibility index (Phi) is 6.59. The smallest absolute Gasteiger partial charge is 0.246 e. The molecule has 7 atom stereocenters. The molecule has 3 fully saturated rings. The summed E-state index contributed by atoms with van der Waals surface area (Å²) in [5.74, 6) is -2.60. The third-order valence-electron chi connectivity index (χ3n) is 7.13. The van der Waals surface area contributed by atoms with E-state index in [2.05, 4.69) is 26.6 Å². The first-order chi connectivity index (χ1) is 15.9. The van der Waals surface area contributed by atoms with E-state index >= 15 is 0 Å². The highest BCUT2D eigenvalue weighted by Gasteiger charge is 2.77. The number of para-hydroxylation sites is 1. The largest absolute Gasteiger partial charge is 0.394 e. The molecule has 34 heavy (non-hydrogen) atoms. The van der Waals surface area contributed by atoms with E-state index in [9.17, 15) is 19.5 Å². The van der Waals surface area contributed by atoms with Crippen molar-refractivity contribution in [2.75, 3.05) is 11.9 Å². The Morgan fingerprint density at radius 1 is 1.24 bits per heavy atom. The van der Waals surface area contributed by atoms with Gasteiger partial charge in [-0.25, -0.2) is 0 Å². The van der Waals surface area contributed by atoms with Crippen molar-refractivity contribution in [3.63, 3.8) is 0 Å². The van der Waals surface area contributed by atoms with Gasteiger partial charge in [-0.1, -0.05) is 48.0 Å². The van der Waals surface area contributed by atoms with Crippen molar-refractivity contribution in [1.82, 2.24) is 10.2 Å². The normalized spacial score (nSPS) is 33.2. The van der Waals surface area contributed by atoms with Crippen molar-refractivity contribution in [3.8, 4) is 0 Å². The third kappa shape index (κ3) is 4.05. The molecule has 3 N–H and O–H groups in total. The van der Waals surface area contributed by atoms with Gasteiger partial charge in [0.1, 0.15) is 11.6 Å². The number of aliphatic hydroxyl groups is 1. The van der Waals surface area contributed by atoms with E-state index in [1.54, 1.807) is 12.1 Å². The monoisotopic (exact) mass is 535 g/mol. The zero-order valence-corrected chi connectivity index (χ0v) is 21.8. The highest BCUT2D eigenvalue weighted by Crippen LogP contribution is 2.60. The summed E-state index contributed by atoms with van der Waals surface area (Å²) in [6.07, 6.45) is -0.102. The second-order valence-electron chi connectivity index (χ2n) is 11.0. The number of alkyl halides is 1. The fraction of sp³-hybridized carbons (Fsp3) is 0.640. The Balaban J connectivity index is 1.76. The number of carbonyl (C=O) groups is 3. The maximum absolute atomic E-state index is 14.0. The van der Waals surface area contributed by atoms with Crippen LogP contribution in [0.4, 0.5) is 5.69 Å². The highest BCUT2D eigenvalue weighted by molar-refractivity contribution is 9.09. The van der Waals surface area contributed by atoms with Crippen molar-refractivity contribution in [1.29, 1.82) is 0 Å². The molecule has 3 heterocycles. The van der Waals surface area contributed by atoms with E-state index < -0.39 is 41.2 Å². The van der Waals surface area contributed by atoms with Gasteiger partial charge < -0.3 is 25.4 Å². The number of rotatable bonds is 6. The van der Waals surface area contributed by atoms with E-state index in [1.807, 2.05) is 52.8 Å². The summed E-state index contributed by atoms with van der Waals surface area (Å²) in [4.78, 5) is 42.5. The lowest BCUT2D eigenvalue weighted by Gasteiger charge is -2.39. The SMILES string of the molecule is CC(C)[C@H](CO)N1C(=O)[C@@H]2[C@@H](C(=O)Nc3ccccc3)[C@@H]3OC2(CC3Br)C1C(=O)NC(C)(C)C. The number of hydrogen-bond donors (Lipinski definition) is 3. The Morgan fingerprint density at radius 3 is 2.44 bits per heavy atom. The van der Waals surface area contributed by atoms with Gasteiger partial charge in [0.2, 0.25) is 17.7 Å². The van der Waals surface area contributed by atoms with Gasteiger partial charge in [0.15, 0.2) is 0 Å². The number of amides is 3. The molecule has 186 valence electrons. The lowest BCUT2D eigenvalue weighted by atomic mass is 9.70. The molecule has 9 heteroatoms. The molecular formula is C25H34BrN3O5. The number of halogens is 1. The van der Waals surface area contributed by atoms with Gasteiger partial charge in [-0.05, 0) is 45.2 Å². The molecule has 0 aromatic heterocycles. The predicted octanol–water partition coefficient (Wildman–Crippen LogP) is 2.30. The van der Waals surface area contributed by atoms with E-state index in [1.165, 1.54) is 4.90 Å². The summed E-state index contributed by atoms with van der Waals surface area (Å²) < 4.78 is 6.48. The number of hydrogen-bond acceptors (Lipinski definition) is 5. The quantitative estimate of drug-likeness (QED) is 0.484. The number of carbonyl (C=O) groups excluding carboxylic acids is 3. The van der Waals surface area contributed by atoms with E-state index in [0.29, 0.717) is 12.1 Å². The van der Waals surface area contributed by atoms with Crippen molar-refractivity contribution in [2.24, 2.45) is 17.8 Å². The van der Waals surface area contributed by atoms with E-state index in [-0.39, 0.29) is 35.1 Å². The van der Waals surface area contributed by atoms with E-state index in [0.717, 1.165) is 0 Å². The Morgan fingerprint density at radius 2 is 1.88 bits per heavy atom. The second kappa shape index (κ2) is 8.91. The van der Waals surface area contributed by atoms with Crippen LogP contribution >= 0.6 is 15.9 Å². The highest BCUT2D eigenvalue weighted by atomic mass is 79.9. The zero-order valence-electron chi connectivity index (χ0n) is 20.2. The summed E-state index contributed by atoms with van der Waals surface area (Å²) in [6, 6.07) is 7.57. The Labute approximate surface area is 208 Å². The summed E-state index contributed by atoms with van der Waals surface area (Å²) in [6.45, 7) is 9.16. The minimum absolute atomic E-state index is 0.0947. The number of aliphatic hydroxyl groups excluding tert-OH is 1. The molecule has 4 rings (SSSR count). The van der Waals surface area contributed by atoms with Crippen LogP contribution in [0.25, 0.3) is 0 Å². The minimum Gasteiger partial charge on any atom is -0.394 e. The zero-order chi connectivity index (χ0) is 25.0. The fourth-order valence-electron chi connectivity index (χ4n) is 5.83. The first kappa shape index (κ1) is 25.1. The summed E-state index contributed by atoms with van der Waals surface area (Å²) in [5.41, 5.74) is -1.04. The second-order valence-corrected chi connectivity index (χ2v) is 12.2. The van der Waals surface area contributed by atoms with Crippen molar-refractivity contribution in [2.45, 2.75) is 75.2 Å². The topological polar surface area (TPSA) is 108 Å². The number of ether oxygens (including phenoxy) is 1. The van der Waals surface area contributed by atoms with Crippen LogP contribution in [0.3, 0.4) is 0 Å². The van der Waals surface area contributed by atoms with Crippen LogP contribution < -0.4 is 10.6 Å². The molecule has 1 spiro atoms. The third-order valence-corrected chi connectivity index (χ3v) is 7.98. The number of fused-ring (bicyclic) bond motifs is 1. The van der Waals surface area contributed by atoms with Gasteiger partial charge in [0.25, 0.3) is 0 Å². The summed E-state index contributed by atoms with van der Waals surface area (Å²) >= 11 is 3.67. The maximum Gasteiger partial charge on any atom is 0.246 e. The molecule has 0 aliphatic carbocycles. The molecule has 3 amide bonds. The average Bonchev–Trinajstić information content (AvgIpc) is 3.32. The maximum atomic E-state index is 14.0. The number of benzene rings is 1. The average molecular weight is 536 g/mol. The van der Waals surface area contributed by atoms with Gasteiger partial charge >= 0.3 is 0 Å². The molecule has 1 aromatic carbocycles. The molecule has 0 saturated carbocycles. The number of nitrogens with zero attached hydrogens (tertiary/aromatic N) is 1. The van der Waals surface area contributed by atoms with Gasteiger partial charge in [0.05, 0.1) is 30.6 Å². The first-order valence-corrected chi connectivity index (χ1v) is 12.8. The van der Waals surface area contributed by atoms with Gasteiger partial charge in [-0.3, -0.25) is 14.4 Å². The molecular weight excluding hydrogens is 502 g/mol. The molecule has 3 aliphatic heterocycles. The number of nitrogens with one attached hydrogen (secondary N) is 2. The molecule has 1 aromatic rings. The first-order valence-electron chi connectivity index (χ1n) is 11.8. The van der Waals surface area contributed by atoms with Crippen LogP contribution in [-0.4, -0.2) is 68.5 Å². The summed E-state index contributed by atoms with van der Waals surface area (Å²) in [5, 5.41) is 16.1. The van der Waals surface area contributed by atoms with Crippen LogP contribution in [0.5, 0.6) is 0 Å². The molecule has 3 unspecified atom stereocenters. The van der Waals surface area contributed by atoms with Crippen LogP contribution in [0.1, 0.15) is 41.0 Å². The standard InChI is InChI=1S/C25H34BrN3O5/c1-13(2)16(12-30)29-20(22(32)28-24(3,4)5)25-11-15(26)19(34-25)17(18(25)23(29)33)21(31)27-14-9-7-6-8-10-14/h6-10,13,15-20,30H,11-12H2,1-5H3,(H,27,31)(H,28,32)/t15?,16-,17+,18-,19+,20?,25?/m0/s1. The van der Waals surface area contributed by atoms with Gasteiger partial charge in [0, 0.05) is 16.1 Å². The van der Waals surface area contributed by atoms with Crippen LogP contribution in [-0.2, 0) is 19.1 Å². The number of anilines is 1. The van der Waals surface area contributed by atoms with Crippen LogP contribution in [0.15, 0.2) is 30.3 Å². The molecule has 2 bridgehead atoms. The van der Waals surface area contributed by atoms with Crippen LogP contribution in [0.2, 0.25) is 0 Å². The van der Waals surface area contributed by atoms with Crippen molar-refractivity contribution < 1.29 is 24.2 Å².